The summed E-state index contributed by atoms with van der Waals surface area (Å²) in [6, 6.07) is 6.81. The Morgan fingerprint density at radius 2 is 2.25 bits per heavy atom. The highest BCUT2D eigenvalue weighted by atomic mass is 16.5. The van der Waals surface area contributed by atoms with E-state index < -0.39 is 0 Å². The molecular weight excluding hydrogens is 208 g/mol. The first-order valence-electron chi connectivity index (χ1n) is 4.74. The van der Waals surface area contributed by atoms with Crippen LogP contribution in [0.1, 0.15) is 5.56 Å². The van der Waals surface area contributed by atoms with Gasteiger partial charge in [0.2, 0.25) is 5.88 Å². The summed E-state index contributed by atoms with van der Waals surface area (Å²) in [4.78, 5) is 0. The zero-order valence-electron chi connectivity index (χ0n) is 8.80. The summed E-state index contributed by atoms with van der Waals surface area (Å²) < 4.78 is 9.70. The maximum Gasteiger partial charge on any atom is 0.222 e. The number of methoxy groups -OCH3 is 1. The van der Waals surface area contributed by atoms with Crippen molar-refractivity contribution in [3.05, 3.63) is 29.8 Å². The van der Waals surface area contributed by atoms with Gasteiger partial charge in [0.25, 0.3) is 0 Å². The molecule has 1 heterocycles. The fourth-order valence-corrected chi connectivity index (χ4v) is 1.43. The average molecular weight is 220 g/mol. The number of benzene rings is 1. The van der Waals surface area contributed by atoms with Crippen molar-refractivity contribution >= 4 is 5.88 Å². The second-order valence-electron chi connectivity index (χ2n) is 3.39. The maximum atomic E-state index is 9.72. The SMILES string of the molecule is COCc1ccc(-c2cc(N)on2)cc1O. The van der Waals surface area contributed by atoms with E-state index in [-0.39, 0.29) is 11.6 Å². The third-order valence-electron chi connectivity index (χ3n) is 2.21. The smallest absolute Gasteiger partial charge is 0.222 e. The normalized spacial score (nSPS) is 10.6. The van der Waals surface area contributed by atoms with Crippen molar-refractivity contribution in [2.75, 3.05) is 12.8 Å². The minimum Gasteiger partial charge on any atom is -0.508 e. The molecule has 0 spiro atoms. The Bertz CT molecular complexity index is 494. The van der Waals surface area contributed by atoms with Gasteiger partial charge >= 0.3 is 0 Å². The van der Waals surface area contributed by atoms with Crippen molar-refractivity contribution < 1.29 is 14.4 Å². The van der Waals surface area contributed by atoms with Gasteiger partial charge in [-0.1, -0.05) is 17.3 Å². The Hall–Kier alpha value is -2.01. The molecular formula is C11H12N2O3. The van der Waals surface area contributed by atoms with E-state index in [0.29, 0.717) is 12.3 Å². The molecule has 0 unspecified atom stereocenters. The van der Waals surface area contributed by atoms with Gasteiger partial charge in [-0.2, -0.15) is 0 Å². The number of hydrogen-bond acceptors (Lipinski definition) is 5. The number of rotatable bonds is 3. The molecule has 0 saturated heterocycles. The van der Waals surface area contributed by atoms with Crippen molar-refractivity contribution in [2.45, 2.75) is 6.61 Å². The standard InChI is InChI=1S/C11H12N2O3/c1-15-6-8-3-2-7(4-10(8)14)9-5-11(12)16-13-9/h2-5,14H,6,12H2,1H3. The molecule has 1 aromatic carbocycles. The number of aromatic hydroxyl groups is 1. The van der Waals surface area contributed by atoms with Crippen LogP contribution in [0.4, 0.5) is 5.88 Å². The molecule has 0 atom stereocenters. The van der Waals surface area contributed by atoms with E-state index in [9.17, 15) is 5.11 Å². The minimum atomic E-state index is 0.168. The summed E-state index contributed by atoms with van der Waals surface area (Å²) >= 11 is 0. The molecule has 1 aromatic heterocycles. The Kier molecular flexibility index (Phi) is 2.78. The van der Waals surface area contributed by atoms with Crippen LogP contribution in [0.25, 0.3) is 11.3 Å². The Labute approximate surface area is 92.4 Å². The van der Waals surface area contributed by atoms with Crippen molar-refractivity contribution in [2.24, 2.45) is 0 Å². The van der Waals surface area contributed by atoms with Crippen LogP contribution >= 0.6 is 0 Å². The molecule has 2 rings (SSSR count). The fourth-order valence-electron chi connectivity index (χ4n) is 1.43. The fraction of sp³-hybridized carbons (Fsp3) is 0.182. The molecule has 0 saturated carbocycles. The Morgan fingerprint density at radius 3 is 2.81 bits per heavy atom. The lowest BCUT2D eigenvalue weighted by atomic mass is 10.1. The van der Waals surface area contributed by atoms with Crippen molar-refractivity contribution in [3.63, 3.8) is 0 Å². The third kappa shape index (κ3) is 1.99. The van der Waals surface area contributed by atoms with Crippen LogP contribution in [0.2, 0.25) is 0 Å². The molecule has 0 aliphatic carbocycles. The number of nitrogen functional groups attached to an aromatic ring is 1. The van der Waals surface area contributed by atoms with E-state index in [2.05, 4.69) is 5.16 Å². The predicted molar refractivity (Wildman–Crippen MR) is 58.7 cm³/mol. The van der Waals surface area contributed by atoms with Gasteiger partial charge in [0.05, 0.1) is 6.61 Å². The number of phenols is 1. The third-order valence-corrected chi connectivity index (χ3v) is 2.21. The lowest BCUT2D eigenvalue weighted by Gasteiger charge is -2.04. The predicted octanol–water partition coefficient (Wildman–Crippen LogP) is 1.78. The first-order valence-corrected chi connectivity index (χ1v) is 4.74. The topological polar surface area (TPSA) is 81.5 Å². The number of hydrogen-bond donors (Lipinski definition) is 2. The first kappa shape index (κ1) is 10.5. The zero-order valence-corrected chi connectivity index (χ0v) is 8.80. The van der Waals surface area contributed by atoms with Gasteiger partial charge in [0, 0.05) is 24.3 Å². The van der Waals surface area contributed by atoms with Crippen molar-refractivity contribution in [3.8, 4) is 17.0 Å². The van der Waals surface area contributed by atoms with Gasteiger partial charge in [-0.3, -0.25) is 0 Å². The molecule has 0 fully saturated rings. The minimum absolute atomic E-state index is 0.168. The number of nitrogens with two attached hydrogens (primary N) is 1. The lowest BCUT2D eigenvalue weighted by molar-refractivity contribution is 0.182. The molecule has 0 bridgehead atoms. The molecule has 5 nitrogen and oxygen atoms in total. The number of anilines is 1. The van der Waals surface area contributed by atoms with E-state index in [1.807, 2.05) is 6.07 Å². The number of aromatic nitrogens is 1. The van der Waals surface area contributed by atoms with Crippen LogP contribution in [0.5, 0.6) is 5.75 Å². The summed E-state index contributed by atoms with van der Waals surface area (Å²) in [5, 5.41) is 13.5. The molecule has 16 heavy (non-hydrogen) atoms. The van der Waals surface area contributed by atoms with E-state index in [4.69, 9.17) is 15.0 Å². The van der Waals surface area contributed by atoms with E-state index in [1.54, 1.807) is 25.3 Å². The molecule has 0 amide bonds. The van der Waals surface area contributed by atoms with Crippen LogP contribution in [0, 0.1) is 0 Å². The van der Waals surface area contributed by atoms with E-state index in [0.717, 1.165) is 11.1 Å². The molecule has 84 valence electrons. The summed E-state index contributed by atoms with van der Waals surface area (Å²) in [6.07, 6.45) is 0. The van der Waals surface area contributed by atoms with Crippen LogP contribution < -0.4 is 5.73 Å². The maximum absolute atomic E-state index is 9.72. The summed E-state index contributed by atoms with van der Waals surface area (Å²) in [7, 11) is 1.58. The molecule has 0 radical (unpaired) electrons. The highest BCUT2D eigenvalue weighted by Gasteiger charge is 2.07. The molecule has 0 aliphatic heterocycles. The summed E-state index contributed by atoms with van der Waals surface area (Å²) in [5.74, 6) is 0.413. The number of ether oxygens (including phenoxy) is 1. The van der Waals surface area contributed by atoms with Gasteiger partial charge in [-0.25, -0.2) is 0 Å². The molecule has 3 N–H and O–H groups in total. The van der Waals surface area contributed by atoms with E-state index in [1.165, 1.54) is 0 Å². The van der Waals surface area contributed by atoms with Gasteiger partial charge in [-0.05, 0) is 6.07 Å². The highest BCUT2D eigenvalue weighted by Crippen LogP contribution is 2.27. The van der Waals surface area contributed by atoms with Crippen LogP contribution in [-0.4, -0.2) is 17.4 Å². The van der Waals surface area contributed by atoms with Crippen molar-refractivity contribution in [1.29, 1.82) is 0 Å². The van der Waals surface area contributed by atoms with Gasteiger partial charge in [0.15, 0.2) is 0 Å². The quantitative estimate of drug-likeness (QED) is 0.823. The average Bonchev–Trinajstić information content (AvgIpc) is 2.68. The molecule has 2 aromatic rings. The van der Waals surface area contributed by atoms with Gasteiger partial charge in [-0.15, -0.1) is 0 Å². The van der Waals surface area contributed by atoms with Gasteiger partial charge < -0.3 is 20.1 Å². The number of nitrogens with zero attached hydrogens (tertiary/aromatic N) is 1. The molecule has 0 aliphatic rings. The summed E-state index contributed by atoms with van der Waals surface area (Å²) in [6.45, 7) is 0.368. The van der Waals surface area contributed by atoms with Crippen molar-refractivity contribution in [1.82, 2.24) is 5.16 Å². The molecule has 5 heteroatoms. The van der Waals surface area contributed by atoms with Crippen LogP contribution in [0.15, 0.2) is 28.8 Å². The first-order chi connectivity index (χ1) is 7.70. The van der Waals surface area contributed by atoms with E-state index >= 15 is 0 Å². The van der Waals surface area contributed by atoms with Gasteiger partial charge in [0.1, 0.15) is 11.4 Å². The lowest BCUT2D eigenvalue weighted by Crippen LogP contribution is -1.88. The Balaban J connectivity index is 2.34. The monoisotopic (exact) mass is 220 g/mol. The second-order valence-corrected chi connectivity index (χ2v) is 3.39. The second kappa shape index (κ2) is 4.24. The largest absolute Gasteiger partial charge is 0.508 e. The summed E-state index contributed by atoms with van der Waals surface area (Å²) in [5.41, 5.74) is 7.49. The highest BCUT2D eigenvalue weighted by molar-refractivity contribution is 5.63. The van der Waals surface area contributed by atoms with Crippen LogP contribution in [0.3, 0.4) is 0 Å². The van der Waals surface area contributed by atoms with Crippen LogP contribution in [-0.2, 0) is 11.3 Å². The number of phenolic OH excluding ortho intramolecular Hbond substituents is 1. The zero-order chi connectivity index (χ0) is 11.5. The Morgan fingerprint density at radius 1 is 1.44 bits per heavy atom.